The third-order valence-electron chi connectivity index (χ3n) is 3.38. The van der Waals surface area contributed by atoms with Gasteiger partial charge in [0, 0.05) is 17.3 Å². The van der Waals surface area contributed by atoms with Crippen LogP contribution < -0.4 is 0 Å². The molecular weight excluding hydrogens is 246 g/mol. The van der Waals surface area contributed by atoms with E-state index in [9.17, 15) is 4.79 Å². The molecule has 1 aromatic heterocycles. The van der Waals surface area contributed by atoms with Gasteiger partial charge in [0.1, 0.15) is 0 Å². The van der Waals surface area contributed by atoms with Crippen molar-refractivity contribution in [2.45, 2.75) is 6.92 Å². The fourth-order valence-electron chi connectivity index (χ4n) is 2.44. The average Bonchev–Trinajstić information content (AvgIpc) is 2.94. The first-order valence-electron chi connectivity index (χ1n) is 6.60. The minimum atomic E-state index is 0.0716. The van der Waals surface area contributed by atoms with E-state index in [1.54, 1.807) is 13.1 Å². The van der Waals surface area contributed by atoms with Gasteiger partial charge in [-0.05, 0) is 18.1 Å². The number of Topliss-reactive ketones (excluding diaryl/α,β-unsaturated/α-hetero) is 1. The molecule has 2 heteroatoms. The first-order chi connectivity index (χ1) is 9.77. The largest absolute Gasteiger partial charge is 0.360 e. The van der Waals surface area contributed by atoms with Gasteiger partial charge in [0.25, 0.3) is 0 Å². The van der Waals surface area contributed by atoms with Crippen molar-refractivity contribution in [2.24, 2.45) is 0 Å². The number of aromatic nitrogens is 1. The minimum absolute atomic E-state index is 0.0716. The molecule has 0 saturated heterocycles. The Labute approximate surface area is 118 Å². The lowest BCUT2D eigenvalue weighted by atomic mass is 9.96. The summed E-state index contributed by atoms with van der Waals surface area (Å²) in [4.78, 5) is 15.1. The van der Waals surface area contributed by atoms with Crippen LogP contribution in [0.25, 0.3) is 22.4 Å². The van der Waals surface area contributed by atoms with Gasteiger partial charge in [-0.1, -0.05) is 60.7 Å². The molecule has 0 aliphatic rings. The van der Waals surface area contributed by atoms with Crippen molar-refractivity contribution in [1.29, 1.82) is 0 Å². The summed E-state index contributed by atoms with van der Waals surface area (Å²) in [7, 11) is 0. The van der Waals surface area contributed by atoms with Crippen molar-refractivity contribution < 1.29 is 4.79 Å². The van der Waals surface area contributed by atoms with Crippen LogP contribution in [0.1, 0.15) is 17.3 Å². The predicted molar refractivity (Wildman–Crippen MR) is 81.7 cm³/mol. The normalized spacial score (nSPS) is 10.4. The molecule has 3 aromatic rings. The van der Waals surface area contributed by atoms with Gasteiger partial charge < -0.3 is 4.98 Å². The molecule has 0 radical (unpaired) electrons. The second kappa shape index (κ2) is 5.17. The number of rotatable bonds is 3. The predicted octanol–water partition coefficient (Wildman–Crippen LogP) is 4.55. The smallest absolute Gasteiger partial charge is 0.161 e. The van der Waals surface area contributed by atoms with E-state index in [4.69, 9.17) is 0 Å². The molecule has 0 saturated carbocycles. The fraction of sp³-hybridized carbons (Fsp3) is 0.0556. The van der Waals surface area contributed by atoms with Crippen LogP contribution in [0.2, 0.25) is 0 Å². The minimum Gasteiger partial charge on any atom is -0.360 e. The lowest BCUT2D eigenvalue weighted by molar-refractivity contribution is 0.101. The molecule has 2 nitrogen and oxygen atoms in total. The lowest BCUT2D eigenvalue weighted by Crippen LogP contribution is -1.93. The molecule has 1 N–H and O–H groups in total. The van der Waals surface area contributed by atoms with Crippen LogP contribution in [0.5, 0.6) is 0 Å². The summed E-state index contributed by atoms with van der Waals surface area (Å²) in [5.41, 5.74) is 4.83. The Morgan fingerprint density at radius 2 is 1.40 bits per heavy atom. The Hall–Kier alpha value is -2.61. The maximum absolute atomic E-state index is 11.9. The van der Waals surface area contributed by atoms with Crippen molar-refractivity contribution in [2.75, 3.05) is 0 Å². The molecule has 0 unspecified atom stereocenters. The maximum Gasteiger partial charge on any atom is 0.161 e. The van der Waals surface area contributed by atoms with Crippen molar-refractivity contribution in [3.05, 3.63) is 72.4 Å². The quantitative estimate of drug-likeness (QED) is 0.689. The summed E-state index contributed by atoms with van der Waals surface area (Å²) in [6.45, 7) is 1.60. The van der Waals surface area contributed by atoms with E-state index < -0.39 is 0 Å². The standard InChI is InChI=1S/C18H15NO/c1-13(20)16-12-19-18(15-10-6-3-7-11-15)17(16)14-8-4-2-5-9-14/h2-12,19H,1H3. The van der Waals surface area contributed by atoms with Gasteiger partial charge in [-0.3, -0.25) is 4.79 Å². The molecule has 0 aliphatic heterocycles. The molecule has 2 aromatic carbocycles. The zero-order valence-electron chi connectivity index (χ0n) is 11.3. The molecule has 0 atom stereocenters. The Morgan fingerprint density at radius 1 is 0.850 bits per heavy atom. The zero-order chi connectivity index (χ0) is 13.9. The highest BCUT2D eigenvalue weighted by molar-refractivity contribution is 6.04. The van der Waals surface area contributed by atoms with E-state index in [2.05, 4.69) is 4.98 Å². The van der Waals surface area contributed by atoms with Crippen LogP contribution in [-0.2, 0) is 0 Å². The molecule has 0 spiro atoms. The second-order valence-electron chi connectivity index (χ2n) is 4.74. The highest BCUT2D eigenvalue weighted by Gasteiger charge is 2.16. The van der Waals surface area contributed by atoms with Gasteiger partial charge >= 0.3 is 0 Å². The molecule has 1 heterocycles. The highest BCUT2D eigenvalue weighted by atomic mass is 16.1. The summed E-state index contributed by atoms with van der Waals surface area (Å²) in [6.07, 6.45) is 1.80. The number of nitrogens with one attached hydrogen (secondary N) is 1. The summed E-state index contributed by atoms with van der Waals surface area (Å²) in [6, 6.07) is 20.1. The Kier molecular flexibility index (Phi) is 3.21. The van der Waals surface area contributed by atoms with E-state index in [0.29, 0.717) is 0 Å². The number of hydrogen-bond donors (Lipinski definition) is 1. The summed E-state index contributed by atoms with van der Waals surface area (Å²) >= 11 is 0. The number of ketones is 1. The topological polar surface area (TPSA) is 32.9 Å². The average molecular weight is 261 g/mol. The van der Waals surface area contributed by atoms with Gasteiger partial charge in [0.2, 0.25) is 0 Å². The van der Waals surface area contributed by atoms with E-state index in [1.807, 2.05) is 60.7 Å². The number of carbonyl (C=O) groups is 1. The van der Waals surface area contributed by atoms with Crippen LogP contribution >= 0.6 is 0 Å². The van der Waals surface area contributed by atoms with E-state index in [1.165, 1.54) is 0 Å². The van der Waals surface area contributed by atoms with Crippen LogP contribution in [0.4, 0.5) is 0 Å². The Balaban J connectivity index is 2.25. The second-order valence-corrected chi connectivity index (χ2v) is 4.74. The molecule has 0 fully saturated rings. The Bertz CT molecular complexity index is 727. The van der Waals surface area contributed by atoms with Gasteiger partial charge in [-0.25, -0.2) is 0 Å². The van der Waals surface area contributed by atoms with Crippen molar-refractivity contribution in [3.8, 4) is 22.4 Å². The maximum atomic E-state index is 11.9. The number of hydrogen-bond acceptors (Lipinski definition) is 1. The molecule has 0 amide bonds. The SMILES string of the molecule is CC(=O)c1c[nH]c(-c2ccccc2)c1-c1ccccc1. The van der Waals surface area contributed by atoms with Gasteiger partial charge in [0.15, 0.2) is 5.78 Å². The monoisotopic (exact) mass is 261 g/mol. The van der Waals surface area contributed by atoms with E-state index in [-0.39, 0.29) is 5.78 Å². The third kappa shape index (κ3) is 2.16. The van der Waals surface area contributed by atoms with Gasteiger partial charge in [-0.15, -0.1) is 0 Å². The van der Waals surface area contributed by atoms with Crippen LogP contribution in [0.15, 0.2) is 66.9 Å². The summed E-state index contributed by atoms with van der Waals surface area (Å²) in [5, 5.41) is 0. The van der Waals surface area contributed by atoms with E-state index >= 15 is 0 Å². The summed E-state index contributed by atoms with van der Waals surface area (Å²) < 4.78 is 0. The van der Waals surface area contributed by atoms with E-state index in [0.717, 1.165) is 27.9 Å². The van der Waals surface area contributed by atoms with Crippen molar-refractivity contribution >= 4 is 5.78 Å². The van der Waals surface area contributed by atoms with Gasteiger partial charge in [0.05, 0.1) is 5.69 Å². The molecule has 98 valence electrons. The zero-order valence-corrected chi connectivity index (χ0v) is 11.3. The summed E-state index contributed by atoms with van der Waals surface area (Å²) in [5.74, 6) is 0.0716. The van der Waals surface area contributed by atoms with Crippen LogP contribution in [-0.4, -0.2) is 10.8 Å². The van der Waals surface area contributed by atoms with Crippen molar-refractivity contribution in [1.82, 2.24) is 4.98 Å². The van der Waals surface area contributed by atoms with Gasteiger partial charge in [-0.2, -0.15) is 0 Å². The molecular formula is C18H15NO. The van der Waals surface area contributed by atoms with Crippen molar-refractivity contribution in [3.63, 3.8) is 0 Å². The number of carbonyl (C=O) groups excluding carboxylic acids is 1. The third-order valence-corrected chi connectivity index (χ3v) is 3.38. The number of aromatic amines is 1. The van der Waals surface area contributed by atoms with Crippen LogP contribution in [0.3, 0.4) is 0 Å². The lowest BCUT2D eigenvalue weighted by Gasteiger charge is -2.07. The number of benzene rings is 2. The molecule has 0 aliphatic carbocycles. The molecule has 3 rings (SSSR count). The fourth-order valence-corrected chi connectivity index (χ4v) is 2.44. The highest BCUT2D eigenvalue weighted by Crippen LogP contribution is 2.34. The first-order valence-corrected chi connectivity index (χ1v) is 6.60. The molecule has 0 bridgehead atoms. The number of H-pyrrole nitrogens is 1. The molecule has 20 heavy (non-hydrogen) atoms. The first kappa shape index (κ1) is 12.4. The van der Waals surface area contributed by atoms with Crippen LogP contribution in [0, 0.1) is 0 Å². The Morgan fingerprint density at radius 3 is 1.95 bits per heavy atom.